The van der Waals surface area contributed by atoms with Crippen molar-refractivity contribution in [1.82, 2.24) is 4.34 Å². The molecule has 0 atom stereocenters. The minimum Gasteiger partial charge on any atom is -0.355 e. The number of carbonyl (C=O) groups excluding carboxylic acids is 2. The number of carbonyl (C=O) groups is 2. The SMILES string of the molecule is C[SiH](C)N(N=C(CC(=O)CC(=O)c1ccccc1)c1ccccc1)[SiH](C)C. The molecular formula is C21H28N2O2Si2. The molecule has 6 heteroatoms. The maximum Gasteiger partial charge on any atom is 0.170 e. The van der Waals surface area contributed by atoms with Crippen molar-refractivity contribution in [2.24, 2.45) is 5.10 Å². The summed E-state index contributed by atoms with van der Waals surface area (Å²) in [4.78, 5) is 25.0. The van der Waals surface area contributed by atoms with Gasteiger partial charge in [-0.05, 0) is 5.56 Å². The van der Waals surface area contributed by atoms with E-state index in [1.807, 2.05) is 48.5 Å². The van der Waals surface area contributed by atoms with E-state index >= 15 is 0 Å². The van der Waals surface area contributed by atoms with Gasteiger partial charge in [0.15, 0.2) is 5.78 Å². The molecule has 0 amide bonds. The average Bonchev–Trinajstić information content (AvgIpc) is 2.65. The number of hydrogen-bond acceptors (Lipinski definition) is 4. The number of benzene rings is 2. The van der Waals surface area contributed by atoms with Crippen LogP contribution in [0.2, 0.25) is 26.2 Å². The van der Waals surface area contributed by atoms with Crippen LogP contribution in [0.1, 0.15) is 28.8 Å². The fourth-order valence-electron chi connectivity index (χ4n) is 2.95. The van der Waals surface area contributed by atoms with E-state index < -0.39 is 17.9 Å². The highest BCUT2D eigenvalue weighted by Gasteiger charge is 2.19. The van der Waals surface area contributed by atoms with Crippen LogP contribution < -0.4 is 0 Å². The lowest BCUT2D eigenvalue weighted by atomic mass is 10.00. The van der Waals surface area contributed by atoms with E-state index in [-0.39, 0.29) is 24.4 Å². The number of hydrogen-bond donors (Lipinski definition) is 0. The second-order valence-electron chi connectivity index (χ2n) is 7.16. The normalized spacial score (nSPS) is 11.7. The van der Waals surface area contributed by atoms with Crippen molar-refractivity contribution in [2.45, 2.75) is 39.0 Å². The molecule has 0 bridgehead atoms. The Hall–Kier alpha value is -2.32. The van der Waals surface area contributed by atoms with Gasteiger partial charge in [-0.1, -0.05) is 86.9 Å². The largest absolute Gasteiger partial charge is 0.355 e. The van der Waals surface area contributed by atoms with Crippen molar-refractivity contribution in [3.63, 3.8) is 0 Å². The summed E-state index contributed by atoms with van der Waals surface area (Å²) in [5.74, 6) is -0.233. The number of Topliss-reactive ketones (excluding diaryl/α,β-unsaturated/α-hetero) is 2. The molecule has 0 aromatic heterocycles. The molecule has 142 valence electrons. The van der Waals surface area contributed by atoms with E-state index in [0.717, 1.165) is 11.3 Å². The van der Waals surface area contributed by atoms with Crippen LogP contribution in [0.25, 0.3) is 0 Å². The van der Waals surface area contributed by atoms with Gasteiger partial charge in [-0.2, -0.15) is 5.10 Å². The molecule has 0 saturated heterocycles. The Morgan fingerprint density at radius 3 is 1.74 bits per heavy atom. The highest BCUT2D eigenvalue weighted by molar-refractivity contribution is 6.69. The first-order valence-electron chi connectivity index (χ1n) is 9.39. The Bertz CT molecular complexity index is 782. The van der Waals surface area contributed by atoms with Crippen molar-refractivity contribution < 1.29 is 9.59 Å². The van der Waals surface area contributed by atoms with Crippen LogP contribution in [0.4, 0.5) is 0 Å². The zero-order valence-corrected chi connectivity index (χ0v) is 18.9. The lowest BCUT2D eigenvalue weighted by Crippen LogP contribution is -2.39. The Labute approximate surface area is 165 Å². The van der Waals surface area contributed by atoms with E-state index in [0.29, 0.717) is 5.56 Å². The van der Waals surface area contributed by atoms with Crippen molar-refractivity contribution in [2.75, 3.05) is 0 Å². The van der Waals surface area contributed by atoms with Gasteiger partial charge in [-0.15, -0.1) is 0 Å². The van der Waals surface area contributed by atoms with Crippen LogP contribution in [0.15, 0.2) is 65.8 Å². The fraction of sp³-hybridized carbons (Fsp3) is 0.286. The lowest BCUT2D eigenvalue weighted by Gasteiger charge is -2.28. The summed E-state index contributed by atoms with van der Waals surface area (Å²) < 4.78 is 2.27. The molecule has 27 heavy (non-hydrogen) atoms. The maximum absolute atomic E-state index is 12.6. The summed E-state index contributed by atoms with van der Waals surface area (Å²) in [7, 11) is -2.23. The molecule has 0 aliphatic carbocycles. The van der Waals surface area contributed by atoms with Gasteiger partial charge in [-0.3, -0.25) is 9.59 Å². The number of nitrogens with zero attached hydrogens (tertiary/aromatic N) is 2. The average molecular weight is 397 g/mol. The molecular weight excluding hydrogens is 368 g/mol. The smallest absolute Gasteiger partial charge is 0.170 e. The topological polar surface area (TPSA) is 49.7 Å². The molecule has 0 radical (unpaired) electrons. The molecule has 2 aromatic carbocycles. The quantitative estimate of drug-likeness (QED) is 0.212. The van der Waals surface area contributed by atoms with Crippen LogP contribution in [0.5, 0.6) is 0 Å². The summed E-state index contributed by atoms with van der Waals surface area (Å²) in [6.45, 7) is 9.00. The summed E-state index contributed by atoms with van der Waals surface area (Å²) >= 11 is 0. The lowest BCUT2D eigenvalue weighted by molar-refractivity contribution is -0.117. The first-order chi connectivity index (χ1) is 12.9. The van der Waals surface area contributed by atoms with E-state index in [1.54, 1.807) is 12.1 Å². The molecule has 0 aliphatic heterocycles. The Morgan fingerprint density at radius 1 is 0.778 bits per heavy atom. The molecule has 0 fully saturated rings. The number of ketones is 2. The number of rotatable bonds is 9. The van der Waals surface area contributed by atoms with Crippen molar-refractivity contribution in [3.05, 3.63) is 71.8 Å². The van der Waals surface area contributed by atoms with Gasteiger partial charge in [0, 0.05) is 5.56 Å². The van der Waals surface area contributed by atoms with Crippen LogP contribution in [0, 0.1) is 0 Å². The summed E-state index contributed by atoms with van der Waals surface area (Å²) in [5, 5.41) is 4.91. The summed E-state index contributed by atoms with van der Waals surface area (Å²) in [5.41, 5.74) is 2.30. The molecule has 2 rings (SSSR count). The van der Waals surface area contributed by atoms with Gasteiger partial charge < -0.3 is 4.34 Å². The number of hydrazone groups is 1. The predicted molar refractivity (Wildman–Crippen MR) is 118 cm³/mol. The Kier molecular flexibility index (Phi) is 7.88. The first-order valence-corrected chi connectivity index (χ1v) is 15.0. The third-order valence-electron chi connectivity index (χ3n) is 4.22. The maximum atomic E-state index is 12.6. The van der Waals surface area contributed by atoms with E-state index in [4.69, 9.17) is 5.10 Å². The Balaban J connectivity index is 2.21. The van der Waals surface area contributed by atoms with Crippen LogP contribution in [-0.2, 0) is 4.79 Å². The molecule has 0 aliphatic rings. The second-order valence-corrected chi connectivity index (χ2v) is 13.2. The van der Waals surface area contributed by atoms with Crippen molar-refractivity contribution >= 4 is 35.2 Å². The van der Waals surface area contributed by atoms with Gasteiger partial charge >= 0.3 is 0 Å². The molecule has 2 aromatic rings. The molecule has 0 spiro atoms. The molecule has 4 nitrogen and oxygen atoms in total. The zero-order chi connectivity index (χ0) is 19.8. The monoisotopic (exact) mass is 396 g/mol. The molecule has 0 N–H and O–H groups in total. The van der Waals surface area contributed by atoms with Crippen LogP contribution in [-0.4, -0.2) is 39.5 Å². The van der Waals surface area contributed by atoms with Crippen molar-refractivity contribution in [3.8, 4) is 0 Å². The minimum atomic E-state index is -1.12. The fourth-order valence-corrected chi connectivity index (χ4v) is 8.46. The van der Waals surface area contributed by atoms with Crippen LogP contribution >= 0.6 is 0 Å². The summed E-state index contributed by atoms with van der Waals surface area (Å²) in [6, 6.07) is 18.8. The predicted octanol–water partition coefficient (Wildman–Crippen LogP) is 3.89. The highest BCUT2D eigenvalue weighted by Crippen LogP contribution is 2.12. The van der Waals surface area contributed by atoms with E-state index in [1.165, 1.54) is 0 Å². The van der Waals surface area contributed by atoms with Gasteiger partial charge in [0.2, 0.25) is 0 Å². The van der Waals surface area contributed by atoms with Crippen molar-refractivity contribution in [1.29, 1.82) is 0 Å². The zero-order valence-electron chi connectivity index (χ0n) is 16.6. The van der Waals surface area contributed by atoms with Crippen LogP contribution in [0.3, 0.4) is 0 Å². The van der Waals surface area contributed by atoms with Gasteiger partial charge in [-0.25, -0.2) is 0 Å². The highest BCUT2D eigenvalue weighted by atomic mass is 28.3. The Morgan fingerprint density at radius 2 is 1.26 bits per heavy atom. The minimum absolute atomic E-state index is 0.0892. The summed E-state index contributed by atoms with van der Waals surface area (Å²) in [6.07, 6.45) is 0.0927. The molecule has 0 saturated carbocycles. The van der Waals surface area contributed by atoms with E-state index in [9.17, 15) is 9.59 Å². The molecule has 0 unspecified atom stereocenters. The van der Waals surface area contributed by atoms with Gasteiger partial charge in [0.05, 0.1) is 18.6 Å². The third-order valence-corrected chi connectivity index (χ3v) is 10.1. The van der Waals surface area contributed by atoms with E-state index in [2.05, 4.69) is 30.5 Å². The first kappa shape index (κ1) is 21.0. The molecule has 0 heterocycles. The second kappa shape index (κ2) is 10.1. The standard InChI is InChI=1S/C21H28N2O2Si2/c1-26(2)23(27(3)4)22-20(17-11-7-5-8-12-17)15-19(24)16-21(25)18-13-9-6-10-14-18/h5-14,26-27H,15-16H2,1-4H3. The van der Waals surface area contributed by atoms with Gasteiger partial charge in [0.25, 0.3) is 0 Å². The third kappa shape index (κ3) is 6.41. The van der Waals surface area contributed by atoms with Gasteiger partial charge in [0.1, 0.15) is 23.7 Å².